The Bertz CT molecular complexity index is 520. The zero-order chi connectivity index (χ0) is 14.5. The van der Waals surface area contributed by atoms with Crippen LogP contribution in [0.15, 0.2) is 29.2 Å². The summed E-state index contributed by atoms with van der Waals surface area (Å²) in [4.78, 5) is 10.7. The topological polar surface area (TPSA) is 83.5 Å². The molecule has 0 aliphatic rings. The highest BCUT2D eigenvalue weighted by Gasteiger charge is 2.13. The van der Waals surface area contributed by atoms with Gasteiger partial charge in [0, 0.05) is 6.54 Å². The summed E-state index contributed by atoms with van der Waals surface area (Å²) in [6.07, 6.45) is 0.664. The largest absolute Gasteiger partial charge is 0.481 e. The molecule has 0 fully saturated rings. The summed E-state index contributed by atoms with van der Waals surface area (Å²) >= 11 is 0. The van der Waals surface area contributed by atoms with Gasteiger partial charge in [0.15, 0.2) is 0 Å². The van der Waals surface area contributed by atoms with E-state index < -0.39 is 16.0 Å². The van der Waals surface area contributed by atoms with Gasteiger partial charge >= 0.3 is 5.97 Å². The molecule has 0 unspecified atom stereocenters. The third kappa shape index (κ3) is 5.40. The summed E-state index contributed by atoms with van der Waals surface area (Å²) in [5, 5.41) is 8.63. The molecule has 5 nitrogen and oxygen atoms in total. The second-order valence-electron chi connectivity index (χ2n) is 4.79. The van der Waals surface area contributed by atoms with Gasteiger partial charge in [-0.2, -0.15) is 0 Å². The van der Waals surface area contributed by atoms with Crippen molar-refractivity contribution in [3.05, 3.63) is 29.8 Å². The van der Waals surface area contributed by atoms with Crippen molar-refractivity contribution in [3.8, 4) is 0 Å². The third-order valence-electron chi connectivity index (χ3n) is 2.60. The van der Waals surface area contributed by atoms with E-state index in [1.807, 2.05) is 13.8 Å². The molecule has 0 saturated carbocycles. The first kappa shape index (κ1) is 15.7. The van der Waals surface area contributed by atoms with Crippen LogP contribution in [0.4, 0.5) is 0 Å². The number of hydrogen-bond donors (Lipinski definition) is 2. The van der Waals surface area contributed by atoms with Crippen LogP contribution in [-0.4, -0.2) is 26.0 Å². The van der Waals surface area contributed by atoms with Crippen LogP contribution in [-0.2, 0) is 21.2 Å². The normalized spacial score (nSPS) is 11.7. The SMILES string of the molecule is CC(C)CCNS(=O)(=O)c1ccc(CC(=O)O)cc1. The Balaban J connectivity index is 2.70. The van der Waals surface area contributed by atoms with Crippen LogP contribution in [0, 0.1) is 5.92 Å². The Morgan fingerprint density at radius 2 is 1.84 bits per heavy atom. The van der Waals surface area contributed by atoms with E-state index in [1.165, 1.54) is 24.3 Å². The smallest absolute Gasteiger partial charge is 0.307 e. The molecule has 0 spiro atoms. The number of carboxylic acid groups (broad SMARTS) is 1. The first-order valence-electron chi connectivity index (χ1n) is 6.11. The lowest BCUT2D eigenvalue weighted by molar-refractivity contribution is -0.136. The van der Waals surface area contributed by atoms with E-state index in [-0.39, 0.29) is 11.3 Å². The van der Waals surface area contributed by atoms with E-state index in [4.69, 9.17) is 5.11 Å². The number of carbonyl (C=O) groups is 1. The maximum Gasteiger partial charge on any atom is 0.307 e. The predicted molar refractivity (Wildman–Crippen MR) is 72.4 cm³/mol. The summed E-state index contributed by atoms with van der Waals surface area (Å²) in [6, 6.07) is 5.89. The quantitative estimate of drug-likeness (QED) is 0.797. The average Bonchev–Trinajstić information content (AvgIpc) is 2.28. The fourth-order valence-corrected chi connectivity index (χ4v) is 2.57. The minimum absolute atomic E-state index is 0.110. The van der Waals surface area contributed by atoms with E-state index in [2.05, 4.69) is 4.72 Å². The summed E-state index contributed by atoms with van der Waals surface area (Å²) in [5.74, 6) is -0.508. The van der Waals surface area contributed by atoms with E-state index >= 15 is 0 Å². The lowest BCUT2D eigenvalue weighted by atomic mass is 10.1. The van der Waals surface area contributed by atoms with Gasteiger partial charge in [0.2, 0.25) is 10.0 Å². The van der Waals surface area contributed by atoms with Crippen molar-refractivity contribution in [2.24, 2.45) is 5.92 Å². The fourth-order valence-electron chi connectivity index (χ4n) is 1.53. The van der Waals surface area contributed by atoms with Gasteiger partial charge in [0.25, 0.3) is 0 Å². The molecule has 0 radical (unpaired) electrons. The summed E-state index contributed by atoms with van der Waals surface area (Å²) < 4.78 is 26.4. The minimum atomic E-state index is -3.50. The summed E-state index contributed by atoms with van der Waals surface area (Å²) in [6.45, 7) is 4.45. The zero-order valence-corrected chi connectivity index (χ0v) is 11.9. The summed E-state index contributed by atoms with van der Waals surface area (Å²) in [5.41, 5.74) is 0.577. The van der Waals surface area contributed by atoms with Crippen molar-refractivity contribution < 1.29 is 18.3 Å². The number of aliphatic carboxylic acids is 1. The molecule has 1 aromatic rings. The number of sulfonamides is 1. The Morgan fingerprint density at radius 3 is 2.32 bits per heavy atom. The van der Waals surface area contributed by atoms with Crippen LogP contribution in [0.3, 0.4) is 0 Å². The van der Waals surface area contributed by atoms with Gasteiger partial charge < -0.3 is 5.11 Å². The molecule has 0 bridgehead atoms. The maximum absolute atomic E-state index is 11.9. The van der Waals surface area contributed by atoms with Gasteiger partial charge in [0.05, 0.1) is 11.3 Å². The third-order valence-corrected chi connectivity index (χ3v) is 4.08. The molecule has 2 N–H and O–H groups in total. The number of hydrogen-bond acceptors (Lipinski definition) is 3. The Morgan fingerprint density at radius 1 is 1.26 bits per heavy atom. The van der Waals surface area contributed by atoms with Gasteiger partial charge in [-0.05, 0) is 30.0 Å². The lowest BCUT2D eigenvalue weighted by Crippen LogP contribution is -2.25. The molecular formula is C13H19NO4S. The standard InChI is InChI=1S/C13H19NO4S/c1-10(2)7-8-14-19(17,18)12-5-3-11(4-6-12)9-13(15)16/h3-6,10,14H,7-9H2,1-2H3,(H,15,16). The van der Waals surface area contributed by atoms with Gasteiger partial charge in [-0.3, -0.25) is 4.79 Å². The maximum atomic E-state index is 11.9. The average molecular weight is 285 g/mol. The van der Waals surface area contributed by atoms with Crippen LogP contribution in [0.5, 0.6) is 0 Å². The van der Waals surface area contributed by atoms with Crippen LogP contribution >= 0.6 is 0 Å². The Labute approximate surface area is 113 Å². The van der Waals surface area contributed by atoms with Crippen molar-refractivity contribution in [1.82, 2.24) is 4.72 Å². The van der Waals surface area contributed by atoms with Gasteiger partial charge in [-0.25, -0.2) is 13.1 Å². The highest BCUT2D eigenvalue weighted by Crippen LogP contribution is 2.11. The molecule has 0 atom stereocenters. The molecule has 0 aliphatic carbocycles. The molecule has 106 valence electrons. The second-order valence-corrected chi connectivity index (χ2v) is 6.56. The van der Waals surface area contributed by atoms with Crippen molar-refractivity contribution in [2.45, 2.75) is 31.6 Å². The molecule has 1 aromatic carbocycles. The van der Waals surface area contributed by atoms with Crippen LogP contribution in [0.1, 0.15) is 25.8 Å². The minimum Gasteiger partial charge on any atom is -0.481 e. The Hall–Kier alpha value is -1.40. The van der Waals surface area contributed by atoms with Crippen molar-refractivity contribution in [1.29, 1.82) is 0 Å². The molecule has 1 rings (SSSR count). The number of nitrogens with one attached hydrogen (secondary N) is 1. The molecule has 19 heavy (non-hydrogen) atoms. The monoisotopic (exact) mass is 285 g/mol. The molecule has 0 saturated heterocycles. The summed E-state index contributed by atoms with van der Waals surface area (Å²) in [7, 11) is -3.50. The molecule has 0 aliphatic heterocycles. The van der Waals surface area contributed by atoms with Gasteiger partial charge in [-0.15, -0.1) is 0 Å². The molecule has 0 amide bonds. The van der Waals surface area contributed by atoms with Gasteiger partial charge in [-0.1, -0.05) is 26.0 Å². The number of benzene rings is 1. The molecule has 0 aromatic heterocycles. The number of carboxylic acids is 1. The van der Waals surface area contributed by atoms with Crippen LogP contribution in [0.2, 0.25) is 0 Å². The first-order chi connectivity index (χ1) is 8.81. The Kier molecular flexibility index (Phi) is 5.50. The molecule has 0 heterocycles. The van der Waals surface area contributed by atoms with E-state index in [1.54, 1.807) is 0 Å². The second kappa shape index (κ2) is 6.68. The van der Waals surface area contributed by atoms with E-state index in [9.17, 15) is 13.2 Å². The lowest BCUT2D eigenvalue weighted by Gasteiger charge is -2.08. The molecular weight excluding hydrogens is 266 g/mol. The molecule has 6 heteroatoms. The predicted octanol–water partition coefficient (Wildman–Crippen LogP) is 1.64. The first-order valence-corrected chi connectivity index (χ1v) is 7.60. The van der Waals surface area contributed by atoms with Crippen molar-refractivity contribution in [3.63, 3.8) is 0 Å². The van der Waals surface area contributed by atoms with E-state index in [0.29, 0.717) is 18.0 Å². The highest BCUT2D eigenvalue weighted by atomic mass is 32.2. The van der Waals surface area contributed by atoms with Gasteiger partial charge in [0.1, 0.15) is 0 Å². The van der Waals surface area contributed by atoms with Crippen LogP contribution < -0.4 is 4.72 Å². The van der Waals surface area contributed by atoms with E-state index in [0.717, 1.165) is 6.42 Å². The van der Waals surface area contributed by atoms with Crippen molar-refractivity contribution >= 4 is 16.0 Å². The zero-order valence-electron chi connectivity index (χ0n) is 11.1. The number of rotatable bonds is 7. The van der Waals surface area contributed by atoms with Crippen LogP contribution in [0.25, 0.3) is 0 Å². The highest BCUT2D eigenvalue weighted by molar-refractivity contribution is 7.89. The van der Waals surface area contributed by atoms with Crippen molar-refractivity contribution in [2.75, 3.05) is 6.54 Å². The fraction of sp³-hybridized carbons (Fsp3) is 0.462.